The Morgan fingerprint density at radius 1 is 1.27 bits per heavy atom. The Morgan fingerprint density at radius 2 is 1.87 bits per heavy atom. The van der Waals surface area contributed by atoms with Gasteiger partial charge in [0.15, 0.2) is 0 Å². The highest BCUT2D eigenvalue weighted by Gasteiger charge is 2.66. The first-order chi connectivity index (χ1) is 6.73. The summed E-state index contributed by atoms with van der Waals surface area (Å²) in [6.45, 7) is 11.3. The van der Waals surface area contributed by atoms with Gasteiger partial charge in [0.1, 0.15) is 5.78 Å². The van der Waals surface area contributed by atoms with Gasteiger partial charge in [0.05, 0.1) is 0 Å². The molecule has 1 nitrogen and oxygen atoms in total. The van der Waals surface area contributed by atoms with E-state index in [1.807, 2.05) is 0 Å². The van der Waals surface area contributed by atoms with Crippen LogP contribution in [0.1, 0.15) is 60.3 Å². The third-order valence-corrected chi connectivity index (χ3v) is 6.10. The van der Waals surface area contributed by atoms with Crippen molar-refractivity contribution in [3.63, 3.8) is 0 Å². The van der Waals surface area contributed by atoms with Crippen LogP contribution in [0.25, 0.3) is 0 Å². The van der Waals surface area contributed by atoms with Crippen LogP contribution in [0.3, 0.4) is 0 Å². The van der Waals surface area contributed by atoms with Crippen LogP contribution in [0.2, 0.25) is 0 Å². The molecule has 0 N–H and O–H groups in total. The van der Waals surface area contributed by atoms with Crippen LogP contribution in [-0.4, -0.2) is 5.78 Å². The monoisotopic (exact) mass is 208 g/mol. The number of rotatable bonds is 2. The number of fused-ring (bicyclic) bond motifs is 2. The van der Waals surface area contributed by atoms with Gasteiger partial charge >= 0.3 is 0 Å². The van der Waals surface area contributed by atoms with Crippen molar-refractivity contribution in [2.45, 2.75) is 60.3 Å². The average molecular weight is 208 g/mol. The topological polar surface area (TPSA) is 17.1 Å². The Hall–Kier alpha value is -0.330. The summed E-state index contributed by atoms with van der Waals surface area (Å²) < 4.78 is 0. The predicted octanol–water partition coefficient (Wildman–Crippen LogP) is 3.82. The van der Waals surface area contributed by atoms with Crippen molar-refractivity contribution in [1.82, 2.24) is 0 Å². The minimum atomic E-state index is 0.255. The lowest BCUT2D eigenvalue weighted by molar-refractivity contribution is -0.121. The van der Waals surface area contributed by atoms with E-state index in [1.165, 1.54) is 19.3 Å². The molecule has 0 aromatic carbocycles. The van der Waals surface area contributed by atoms with Gasteiger partial charge in [0, 0.05) is 6.42 Å². The molecule has 15 heavy (non-hydrogen) atoms. The maximum Gasteiger partial charge on any atom is 0.130 e. The third kappa shape index (κ3) is 1.18. The zero-order valence-corrected chi connectivity index (χ0v) is 10.8. The molecule has 0 saturated heterocycles. The van der Waals surface area contributed by atoms with Gasteiger partial charge in [-0.3, -0.25) is 0 Å². The summed E-state index contributed by atoms with van der Waals surface area (Å²) in [5.41, 5.74) is 1.05. The summed E-state index contributed by atoms with van der Waals surface area (Å²) >= 11 is 0. The molecular weight excluding hydrogens is 184 g/mol. The number of ketones is 1. The Labute approximate surface area is 93.6 Å². The van der Waals surface area contributed by atoms with Gasteiger partial charge in [0.25, 0.3) is 0 Å². The number of hydrogen-bond acceptors (Lipinski definition) is 1. The van der Waals surface area contributed by atoms with Crippen LogP contribution in [0.4, 0.5) is 0 Å². The lowest BCUT2D eigenvalue weighted by Gasteiger charge is -2.46. The predicted molar refractivity (Wildman–Crippen MR) is 62.6 cm³/mol. The Morgan fingerprint density at radius 3 is 2.20 bits per heavy atom. The molecule has 86 valence electrons. The summed E-state index contributed by atoms with van der Waals surface area (Å²) in [6.07, 6.45) is 4.73. The van der Waals surface area contributed by atoms with E-state index in [0.29, 0.717) is 16.6 Å². The quantitative estimate of drug-likeness (QED) is 0.674. The van der Waals surface area contributed by atoms with Crippen LogP contribution in [-0.2, 0) is 4.79 Å². The lowest BCUT2D eigenvalue weighted by atomic mass is 9.58. The van der Waals surface area contributed by atoms with E-state index in [4.69, 9.17) is 0 Å². The normalized spacial score (nSPS) is 47.1. The maximum atomic E-state index is 11.4. The van der Waals surface area contributed by atoms with E-state index < -0.39 is 0 Å². The minimum absolute atomic E-state index is 0.255. The van der Waals surface area contributed by atoms with E-state index in [2.05, 4.69) is 27.7 Å². The molecule has 3 atom stereocenters. The minimum Gasteiger partial charge on any atom is -0.300 e. The van der Waals surface area contributed by atoms with Gasteiger partial charge in [-0.25, -0.2) is 0 Å². The molecule has 2 rings (SSSR count). The highest BCUT2D eigenvalue weighted by molar-refractivity contribution is 5.76. The molecule has 0 aromatic rings. The van der Waals surface area contributed by atoms with Crippen LogP contribution in [0.5, 0.6) is 0 Å². The Balaban J connectivity index is 2.36. The first-order valence-electron chi connectivity index (χ1n) is 6.22. The molecule has 1 heteroatoms. The van der Waals surface area contributed by atoms with Crippen LogP contribution < -0.4 is 0 Å². The smallest absolute Gasteiger partial charge is 0.130 e. The molecule has 0 amide bonds. The second-order valence-electron chi connectivity index (χ2n) is 6.93. The van der Waals surface area contributed by atoms with Crippen molar-refractivity contribution in [3.05, 3.63) is 0 Å². The second-order valence-corrected chi connectivity index (χ2v) is 6.93. The van der Waals surface area contributed by atoms with Crippen molar-refractivity contribution < 1.29 is 4.79 Å². The number of hydrogen-bond donors (Lipinski definition) is 0. The highest BCUT2D eigenvalue weighted by Crippen LogP contribution is 2.74. The molecule has 2 aliphatic carbocycles. The van der Waals surface area contributed by atoms with Crippen molar-refractivity contribution in [1.29, 1.82) is 0 Å². The van der Waals surface area contributed by atoms with Gasteiger partial charge in [-0.05, 0) is 48.3 Å². The van der Waals surface area contributed by atoms with Crippen molar-refractivity contribution >= 4 is 5.78 Å². The third-order valence-electron chi connectivity index (χ3n) is 6.10. The van der Waals surface area contributed by atoms with Crippen molar-refractivity contribution in [3.8, 4) is 0 Å². The first kappa shape index (κ1) is 11.2. The fraction of sp³-hybridized carbons (Fsp3) is 0.929. The van der Waals surface area contributed by atoms with E-state index in [1.54, 1.807) is 6.92 Å². The van der Waals surface area contributed by atoms with E-state index in [9.17, 15) is 4.79 Å². The fourth-order valence-electron chi connectivity index (χ4n) is 4.62. The van der Waals surface area contributed by atoms with E-state index in [0.717, 1.165) is 12.3 Å². The number of Topliss-reactive ketones (excluding diaryl/α,β-unsaturated/α-hetero) is 1. The molecule has 0 radical (unpaired) electrons. The van der Waals surface area contributed by atoms with Crippen molar-refractivity contribution in [2.24, 2.45) is 22.2 Å². The highest BCUT2D eigenvalue weighted by atomic mass is 16.1. The average Bonchev–Trinajstić information content (AvgIpc) is 2.34. The zero-order chi connectivity index (χ0) is 11.5. The number of carbonyl (C=O) groups excluding carboxylic acids is 1. The molecule has 2 saturated carbocycles. The summed E-state index contributed by atoms with van der Waals surface area (Å²) in [5, 5.41) is 0. The lowest BCUT2D eigenvalue weighted by Crippen LogP contribution is -2.40. The first-order valence-corrected chi connectivity index (χ1v) is 6.22. The van der Waals surface area contributed by atoms with E-state index >= 15 is 0 Å². The van der Waals surface area contributed by atoms with Crippen molar-refractivity contribution in [2.75, 3.05) is 0 Å². The summed E-state index contributed by atoms with van der Waals surface area (Å²) in [5.74, 6) is 1.20. The fourth-order valence-corrected chi connectivity index (χ4v) is 4.62. The molecule has 0 aromatic heterocycles. The zero-order valence-electron chi connectivity index (χ0n) is 10.8. The molecule has 0 heterocycles. The van der Waals surface area contributed by atoms with Gasteiger partial charge < -0.3 is 4.79 Å². The summed E-state index contributed by atoms with van der Waals surface area (Å²) in [7, 11) is 0. The SMILES string of the molecule is CC(=O)CC1(C)CC2CCC1(C)C2(C)C. The molecule has 2 fully saturated rings. The standard InChI is InChI=1S/C14H24O/c1-10(15)8-13(4)9-11-6-7-14(13,5)12(11,2)3/h11H,6-9H2,1-5H3. The van der Waals surface area contributed by atoms with Gasteiger partial charge in [-0.15, -0.1) is 0 Å². The number of carbonyl (C=O) groups is 1. The molecule has 0 spiro atoms. The van der Waals surface area contributed by atoms with Crippen LogP contribution >= 0.6 is 0 Å². The molecular formula is C14H24O. The Bertz CT molecular complexity index is 304. The maximum absolute atomic E-state index is 11.4. The molecule has 2 bridgehead atoms. The van der Waals surface area contributed by atoms with Gasteiger partial charge in [-0.2, -0.15) is 0 Å². The second kappa shape index (κ2) is 2.87. The Kier molecular flexibility index (Phi) is 2.13. The summed E-state index contributed by atoms with van der Waals surface area (Å²) in [6, 6.07) is 0. The largest absolute Gasteiger partial charge is 0.300 e. The van der Waals surface area contributed by atoms with Crippen LogP contribution in [0, 0.1) is 22.2 Å². The molecule has 0 aliphatic heterocycles. The van der Waals surface area contributed by atoms with E-state index in [-0.39, 0.29) is 5.41 Å². The van der Waals surface area contributed by atoms with Gasteiger partial charge in [-0.1, -0.05) is 27.7 Å². The molecule has 3 unspecified atom stereocenters. The van der Waals surface area contributed by atoms with Gasteiger partial charge in [0.2, 0.25) is 0 Å². The molecule has 2 aliphatic rings. The van der Waals surface area contributed by atoms with Crippen LogP contribution in [0.15, 0.2) is 0 Å². The summed E-state index contributed by atoms with van der Waals surface area (Å²) in [4.78, 5) is 11.4.